The first-order valence-electron chi connectivity index (χ1n) is 11.5. The summed E-state index contributed by atoms with van der Waals surface area (Å²) in [6.45, 7) is 6.39. The molecule has 0 unspecified atom stereocenters. The van der Waals surface area contributed by atoms with Gasteiger partial charge in [0.05, 0.1) is 22.8 Å². The topological polar surface area (TPSA) is 67.2 Å². The van der Waals surface area contributed by atoms with Gasteiger partial charge in [0.2, 0.25) is 10.0 Å². The highest BCUT2D eigenvalue weighted by Crippen LogP contribution is 2.35. The molecular weight excluding hydrogens is 510 g/mol. The van der Waals surface area contributed by atoms with Crippen LogP contribution >= 0.6 is 0 Å². The molecule has 1 aliphatic heterocycles. The molecule has 0 aliphatic carbocycles. The molecule has 0 radical (unpaired) electrons. The molecule has 3 rings (SSSR count). The highest BCUT2D eigenvalue weighted by atomic mass is 32.2. The number of aryl methyl sites for hydroxylation is 1. The molecule has 202 valence electrons. The smallest absolute Gasteiger partial charge is 0.297 e. The molecule has 0 spiro atoms. The van der Waals surface area contributed by atoms with E-state index in [1.807, 2.05) is 17.9 Å². The lowest BCUT2D eigenvalue weighted by molar-refractivity contribution is -0.185. The van der Waals surface area contributed by atoms with E-state index in [4.69, 9.17) is 0 Å². The Morgan fingerprint density at radius 1 is 1.06 bits per heavy atom. The lowest BCUT2D eigenvalue weighted by Gasteiger charge is -2.32. The number of alkyl halides is 6. The third-order valence-corrected chi connectivity index (χ3v) is 7.74. The first-order chi connectivity index (χ1) is 16.5. The number of rotatable bonds is 8. The maximum atomic E-state index is 12.9. The summed E-state index contributed by atoms with van der Waals surface area (Å²) >= 11 is 0. The van der Waals surface area contributed by atoms with E-state index in [1.165, 1.54) is 13.8 Å². The Bertz CT molecular complexity index is 1150. The number of nitrogens with one attached hydrogen (secondary N) is 1. The van der Waals surface area contributed by atoms with E-state index in [9.17, 15) is 34.8 Å². The van der Waals surface area contributed by atoms with Crippen LogP contribution < -0.4 is 4.72 Å². The molecule has 6 nitrogen and oxygen atoms in total. The van der Waals surface area contributed by atoms with Crippen molar-refractivity contribution < 1.29 is 34.8 Å². The zero-order chi connectivity index (χ0) is 26.9. The Morgan fingerprint density at radius 3 is 2.25 bits per heavy atom. The Labute approximate surface area is 206 Å². The third kappa shape index (κ3) is 7.45. The first-order valence-corrected chi connectivity index (χ1v) is 13.2. The second-order valence-corrected chi connectivity index (χ2v) is 11.3. The fraction of sp³-hybridized carbons (Fsp3) is 0.609. The highest BCUT2D eigenvalue weighted by molar-refractivity contribution is 7.89. The minimum atomic E-state index is -4.87. The average molecular weight is 541 g/mol. The van der Waals surface area contributed by atoms with Crippen molar-refractivity contribution in [2.75, 3.05) is 18.8 Å². The summed E-state index contributed by atoms with van der Waals surface area (Å²) < 4.78 is 105. The molecule has 13 heteroatoms. The average Bonchev–Trinajstić information content (AvgIpc) is 3.14. The molecule has 36 heavy (non-hydrogen) atoms. The van der Waals surface area contributed by atoms with Crippen LogP contribution in [0.5, 0.6) is 0 Å². The molecule has 1 aromatic heterocycles. The molecule has 0 saturated carbocycles. The van der Waals surface area contributed by atoms with Crippen molar-refractivity contribution in [3.8, 4) is 11.3 Å². The van der Waals surface area contributed by atoms with E-state index in [-0.39, 0.29) is 12.8 Å². The second-order valence-electron chi connectivity index (χ2n) is 9.61. The molecule has 1 saturated heterocycles. The van der Waals surface area contributed by atoms with Gasteiger partial charge in [-0.2, -0.15) is 31.4 Å². The van der Waals surface area contributed by atoms with Gasteiger partial charge in [0.15, 0.2) is 5.75 Å². The highest BCUT2D eigenvalue weighted by Gasteiger charge is 2.41. The SMILES string of the molecule is CCn1nc(CN2CCC(C(F)(F)F)CC2)cc1-c1cccc(C(C)(C)NS(=O)(=O)CC(F)(F)F)c1. The van der Waals surface area contributed by atoms with Gasteiger partial charge in [-0.15, -0.1) is 0 Å². The van der Waals surface area contributed by atoms with Crippen LogP contribution in [0.4, 0.5) is 26.3 Å². The van der Waals surface area contributed by atoms with Crippen LogP contribution in [0, 0.1) is 5.92 Å². The predicted molar refractivity (Wildman–Crippen MR) is 123 cm³/mol. The molecular formula is C23H30F6N4O2S. The van der Waals surface area contributed by atoms with Crippen molar-refractivity contribution in [2.24, 2.45) is 5.92 Å². The summed E-state index contributed by atoms with van der Waals surface area (Å²) in [5.41, 5.74) is 1.24. The van der Waals surface area contributed by atoms with Gasteiger partial charge in [-0.05, 0) is 64.4 Å². The lowest BCUT2D eigenvalue weighted by atomic mass is 9.93. The van der Waals surface area contributed by atoms with E-state index < -0.39 is 39.6 Å². The number of hydrogen-bond acceptors (Lipinski definition) is 4. The predicted octanol–water partition coefficient (Wildman–Crippen LogP) is 5.06. The van der Waals surface area contributed by atoms with E-state index in [1.54, 1.807) is 28.9 Å². The van der Waals surface area contributed by atoms with Crippen LogP contribution in [0.25, 0.3) is 11.3 Å². The minimum Gasteiger partial charge on any atom is -0.297 e. The van der Waals surface area contributed by atoms with Crippen molar-refractivity contribution >= 4 is 10.0 Å². The molecule has 2 heterocycles. The Kier molecular flexibility index (Phi) is 8.16. The van der Waals surface area contributed by atoms with Crippen molar-refractivity contribution in [3.05, 3.63) is 41.6 Å². The van der Waals surface area contributed by atoms with Crippen molar-refractivity contribution in [1.29, 1.82) is 0 Å². The Morgan fingerprint density at radius 2 is 1.69 bits per heavy atom. The van der Waals surface area contributed by atoms with Crippen LogP contribution in [0.3, 0.4) is 0 Å². The zero-order valence-corrected chi connectivity index (χ0v) is 21.1. The molecule has 1 aromatic carbocycles. The molecule has 0 amide bonds. The van der Waals surface area contributed by atoms with E-state index in [2.05, 4.69) is 9.82 Å². The molecule has 1 aliphatic rings. The summed E-state index contributed by atoms with van der Waals surface area (Å²) in [4.78, 5) is 1.93. The number of piperidine rings is 1. The zero-order valence-electron chi connectivity index (χ0n) is 20.2. The summed E-state index contributed by atoms with van der Waals surface area (Å²) in [6, 6.07) is 8.61. The summed E-state index contributed by atoms with van der Waals surface area (Å²) in [7, 11) is -4.63. The third-order valence-electron chi connectivity index (χ3n) is 6.21. The van der Waals surface area contributed by atoms with Crippen LogP contribution in [0.2, 0.25) is 0 Å². The van der Waals surface area contributed by atoms with Crippen LogP contribution in [-0.4, -0.2) is 54.3 Å². The van der Waals surface area contributed by atoms with Gasteiger partial charge in [0.25, 0.3) is 0 Å². The molecule has 2 aromatic rings. The van der Waals surface area contributed by atoms with Gasteiger partial charge in [-0.3, -0.25) is 9.58 Å². The van der Waals surface area contributed by atoms with Gasteiger partial charge in [0.1, 0.15) is 0 Å². The normalized spacial score (nSPS) is 17.0. The van der Waals surface area contributed by atoms with E-state index in [0.29, 0.717) is 48.7 Å². The van der Waals surface area contributed by atoms with Gasteiger partial charge >= 0.3 is 12.4 Å². The molecule has 1 fully saturated rings. The number of aromatic nitrogens is 2. The van der Waals surface area contributed by atoms with Gasteiger partial charge < -0.3 is 0 Å². The Hall–Kier alpha value is -2.12. The minimum absolute atomic E-state index is 0.0478. The Balaban J connectivity index is 1.78. The number of halogens is 6. The second kappa shape index (κ2) is 10.3. The molecule has 0 bridgehead atoms. The summed E-state index contributed by atoms with van der Waals surface area (Å²) in [6.07, 6.45) is -8.95. The number of hydrogen-bond donors (Lipinski definition) is 1. The van der Waals surface area contributed by atoms with Crippen LogP contribution in [-0.2, 0) is 28.7 Å². The fourth-order valence-corrected chi connectivity index (χ4v) is 5.83. The fourth-order valence-electron chi connectivity index (χ4n) is 4.43. The van der Waals surface area contributed by atoms with Crippen LogP contribution in [0.1, 0.15) is 44.9 Å². The standard InChI is InChI=1S/C23H30F6N4O2S/c1-4-33-20(13-19(30-33)14-32-10-8-17(9-11-32)23(27,28)29)16-6-5-7-18(12-16)21(2,3)31-36(34,35)15-22(24,25)26/h5-7,12-13,17,31H,4,8-11,14-15H2,1-3H3. The van der Waals surface area contributed by atoms with E-state index >= 15 is 0 Å². The number of benzene rings is 1. The first kappa shape index (κ1) is 28.5. The van der Waals surface area contributed by atoms with Crippen molar-refractivity contribution in [2.45, 2.75) is 64.6 Å². The molecule has 0 atom stereocenters. The van der Waals surface area contributed by atoms with Crippen molar-refractivity contribution in [3.63, 3.8) is 0 Å². The van der Waals surface area contributed by atoms with Crippen molar-refractivity contribution in [1.82, 2.24) is 19.4 Å². The molecule has 1 N–H and O–H groups in total. The number of nitrogens with zero attached hydrogens (tertiary/aromatic N) is 3. The van der Waals surface area contributed by atoms with Gasteiger partial charge in [-0.1, -0.05) is 18.2 Å². The summed E-state index contributed by atoms with van der Waals surface area (Å²) in [5.74, 6) is -3.26. The number of likely N-dealkylation sites (tertiary alicyclic amines) is 1. The largest absolute Gasteiger partial charge is 0.404 e. The van der Waals surface area contributed by atoms with Crippen LogP contribution in [0.15, 0.2) is 30.3 Å². The quantitative estimate of drug-likeness (QED) is 0.476. The van der Waals surface area contributed by atoms with Gasteiger partial charge in [-0.25, -0.2) is 13.1 Å². The maximum Gasteiger partial charge on any atom is 0.404 e. The van der Waals surface area contributed by atoms with Gasteiger partial charge in [0, 0.05) is 18.7 Å². The summed E-state index contributed by atoms with van der Waals surface area (Å²) in [5, 5.41) is 4.57. The lowest BCUT2D eigenvalue weighted by Crippen LogP contribution is -2.44. The van der Waals surface area contributed by atoms with E-state index in [0.717, 1.165) is 0 Å². The monoisotopic (exact) mass is 540 g/mol. The maximum absolute atomic E-state index is 12.9. The number of sulfonamides is 1.